The highest BCUT2D eigenvalue weighted by atomic mass is 16.5. The summed E-state index contributed by atoms with van der Waals surface area (Å²) < 4.78 is 6.49. The molecule has 6 heteroatoms. The third kappa shape index (κ3) is 3.73. The topological polar surface area (TPSA) is 64.4 Å². The van der Waals surface area contributed by atoms with E-state index in [1.54, 1.807) is 30.8 Å². The summed E-state index contributed by atoms with van der Waals surface area (Å²) in [7, 11) is 1.77. The van der Waals surface area contributed by atoms with Crippen LogP contribution in [0.3, 0.4) is 0 Å². The summed E-state index contributed by atoms with van der Waals surface area (Å²) in [5, 5.41) is 0. The summed E-state index contributed by atoms with van der Waals surface area (Å²) in [4.78, 5) is 28.8. The third-order valence-electron chi connectivity index (χ3n) is 2.19. The van der Waals surface area contributed by atoms with Crippen LogP contribution in [0.4, 0.5) is 0 Å². The van der Waals surface area contributed by atoms with Crippen LogP contribution in [0.25, 0.3) is 0 Å². The minimum absolute atomic E-state index is 0.102. The molecule has 0 aliphatic carbocycles. The molecule has 0 radical (unpaired) electrons. The second kappa shape index (κ2) is 6.58. The van der Waals surface area contributed by atoms with Crippen LogP contribution in [0.1, 0.15) is 17.4 Å². The molecule has 0 aliphatic heterocycles. The zero-order valence-corrected chi connectivity index (χ0v) is 10.6. The van der Waals surface area contributed by atoms with E-state index in [-0.39, 0.29) is 19.0 Å². The number of carbonyl (C=O) groups excluding carboxylic acids is 2. The molecule has 0 aromatic carbocycles. The summed E-state index contributed by atoms with van der Waals surface area (Å²) in [6, 6.07) is 0. The molecule has 98 valence electrons. The number of carbonyl (C=O) groups is 2. The molecule has 0 fully saturated rings. The van der Waals surface area contributed by atoms with Gasteiger partial charge in [-0.25, -0.2) is 4.98 Å². The molecule has 1 rings (SSSR count). The summed E-state index contributed by atoms with van der Waals surface area (Å²) in [5.74, 6) is -0.757. The van der Waals surface area contributed by atoms with Crippen molar-refractivity contribution in [3.8, 4) is 0 Å². The van der Waals surface area contributed by atoms with Gasteiger partial charge in [-0.2, -0.15) is 0 Å². The lowest BCUT2D eigenvalue weighted by Gasteiger charge is -2.18. The quantitative estimate of drug-likeness (QED) is 0.549. The minimum Gasteiger partial charge on any atom is -0.465 e. The SMILES string of the molecule is C=CCN(CC(=O)OCC)C(=O)c1cn(C)cn1. The summed E-state index contributed by atoms with van der Waals surface area (Å²) >= 11 is 0. The van der Waals surface area contributed by atoms with E-state index < -0.39 is 5.97 Å². The van der Waals surface area contributed by atoms with Crippen LogP contribution < -0.4 is 0 Å². The van der Waals surface area contributed by atoms with Crippen LogP contribution in [0.5, 0.6) is 0 Å². The number of ether oxygens (including phenoxy) is 1. The number of aromatic nitrogens is 2. The Bertz CT molecular complexity index is 440. The van der Waals surface area contributed by atoms with Crippen LogP contribution in [0.2, 0.25) is 0 Å². The summed E-state index contributed by atoms with van der Waals surface area (Å²) in [6.07, 6.45) is 4.69. The van der Waals surface area contributed by atoms with Crippen molar-refractivity contribution in [3.05, 3.63) is 30.9 Å². The lowest BCUT2D eigenvalue weighted by molar-refractivity contribution is -0.143. The highest BCUT2D eigenvalue weighted by Crippen LogP contribution is 2.02. The number of aryl methyl sites for hydroxylation is 1. The number of hydrogen-bond donors (Lipinski definition) is 0. The number of hydrogen-bond acceptors (Lipinski definition) is 4. The van der Waals surface area contributed by atoms with Crippen molar-refractivity contribution in [2.45, 2.75) is 6.92 Å². The van der Waals surface area contributed by atoms with Crippen molar-refractivity contribution < 1.29 is 14.3 Å². The number of nitrogens with zero attached hydrogens (tertiary/aromatic N) is 3. The van der Waals surface area contributed by atoms with Gasteiger partial charge in [0.15, 0.2) is 0 Å². The summed E-state index contributed by atoms with van der Waals surface area (Å²) in [6.45, 7) is 5.74. The molecule has 0 aliphatic rings. The third-order valence-corrected chi connectivity index (χ3v) is 2.19. The number of imidazole rings is 1. The maximum Gasteiger partial charge on any atom is 0.325 e. The Hall–Kier alpha value is -2.11. The smallest absolute Gasteiger partial charge is 0.325 e. The van der Waals surface area contributed by atoms with E-state index >= 15 is 0 Å². The minimum atomic E-state index is -0.441. The molecule has 1 heterocycles. The van der Waals surface area contributed by atoms with Gasteiger partial charge in [0.25, 0.3) is 5.91 Å². The van der Waals surface area contributed by atoms with E-state index in [2.05, 4.69) is 11.6 Å². The number of rotatable bonds is 6. The zero-order chi connectivity index (χ0) is 13.5. The van der Waals surface area contributed by atoms with Gasteiger partial charge in [-0.15, -0.1) is 6.58 Å². The van der Waals surface area contributed by atoms with Gasteiger partial charge in [0, 0.05) is 19.8 Å². The second-order valence-corrected chi connectivity index (χ2v) is 3.70. The first kappa shape index (κ1) is 14.0. The molecule has 0 N–H and O–H groups in total. The van der Waals surface area contributed by atoms with Crippen LogP contribution >= 0.6 is 0 Å². The van der Waals surface area contributed by atoms with Gasteiger partial charge in [-0.05, 0) is 6.92 Å². The molecule has 0 spiro atoms. The van der Waals surface area contributed by atoms with Crippen molar-refractivity contribution in [3.63, 3.8) is 0 Å². The van der Waals surface area contributed by atoms with E-state index in [0.29, 0.717) is 12.3 Å². The van der Waals surface area contributed by atoms with Crippen molar-refractivity contribution in [2.24, 2.45) is 7.05 Å². The Morgan fingerprint density at radius 2 is 2.33 bits per heavy atom. The average Bonchev–Trinajstić information content (AvgIpc) is 2.75. The Kier molecular flexibility index (Phi) is 5.10. The average molecular weight is 251 g/mol. The van der Waals surface area contributed by atoms with Gasteiger partial charge in [0.05, 0.1) is 12.9 Å². The van der Waals surface area contributed by atoms with Gasteiger partial charge < -0.3 is 14.2 Å². The first-order valence-corrected chi connectivity index (χ1v) is 5.62. The van der Waals surface area contributed by atoms with Crippen molar-refractivity contribution in [1.29, 1.82) is 0 Å². The lowest BCUT2D eigenvalue weighted by Crippen LogP contribution is -2.36. The van der Waals surface area contributed by atoms with E-state index in [0.717, 1.165) is 0 Å². The Morgan fingerprint density at radius 1 is 1.61 bits per heavy atom. The van der Waals surface area contributed by atoms with Gasteiger partial charge in [-0.1, -0.05) is 6.08 Å². The molecule has 18 heavy (non-hydrogen) atoms. The fourth-order valence-corrected chi connectivity index (χ4v) is 1.42. The van der Waals surface area contributed by atoms with Crippen LogP contribution in [-0.4, -0.2) is 46.0 Å². The molecule has 1 aromatic rings. The highest BCUT2D eigenvalue weighted by molar-refractivity contribution is 5.94. The van der Waals surface area contributed by atoms with E-state index in [1.807, 2.05) is 0 Å². The van der Waals surface area contributed by atoms with Gasteiger partial charge >= 0.3 is 5.97 Å². The standard InChI is InChI=1S/C12H17N3O3/c1-4-6-15(8-11(16)18-5-2)12(17)10-7-14(3)9-13-10/h4,7,9H,1,5-6,8H2,2-3H3. The molecule has 6 nitrogen and oxygen atoms in total. The molecule has 0 bridgehead atoms. The molecule has 0 atom stereocenters. The highest BCUT2D eigenvalue weighted by Gasteiger charge is 2.20. The first-order chi connectivity index (χ1) is 8.58. The first-order valence-electron chi connectivity index (χ1n) is 5.62. The Labute approximate surface area is 106 Å². The predicted molar refractivity (Wildman–Crippen MR) is 65.9 cm³/mol. The Morgan fingerprint density at radius 3 is 2.83 bits per heavy atom. The van der Waals surface area contributed by atoms with Crippen LogP contribution in [0, 0.1) is 0 Å². The molecule has 0 saturated carbocycles. The maximum atomic E-state index is 12.1. The molecule has 0 unspecified atom stereocenters. The molecule has 0 saturated heterocycles. The fraction of sp³-hybridized carbons (Fsp3) is 0.417. The van der Waals surface area contributed by atoms with E-state index in [4.69, 9.17) is 4.74 Å². The number of esters is 1. The van der Waals surface area contributed by atoms with Crippen molar-refractivity contribution >= 4 is 11.9 Å². The largest absolute Gasteiger partial charge is 0.465 e. The Balaban J connectivity index is 2.74. The van der Waals surface area contributed by atoms with Gasteiger partial charge in [-0.3, -0.25) is 9.59 Å². The second-order valence-electron chi connectivity index (χ2n) is 3.70. The van der Waals surface area contributed by atoms with Crippen molar-refractivity contribution in [2.75, 3.05) is 19.7 Å². The summed E-state index contributed by atoms with van der Waals surface area (Å²) in [5.41, 5.74) is 0.295. The maximum absolute atomic E-state index is 12.1. The molecule has 1 amide bonds. The van der Waals surface area contributed by atoms with Crippen molar-refractivity contribution in [1.82, 2.24) is 14.5 Å². The fourth-order valence-electron chi connectivity index (χ4n) is 1.42. The normalized spacial score (nSPS) is 9.89. The molecule has 1 aromatic heterocycles. The molecular weight excluding hydrogens is 234 g/mol. The van der Waals surface area contributed by atoms with E-state index in [9.17, 15) is 9.59 Å². The zero-order valence-electron chi connectivity index (χ0n) is 10.6. The predicted octanol–water partition coefficient (Wildman–Crippen LogP) is 0.611. The van der Waals surface area contributed by atoms with E-state index in [1.165, 1.54) is 11.2 Å². The van der Waals surface area contributed by atoms with Gasteiger partial charge in [0.2, 0.25) is 0 Å². The lowest BCUT2D eigenvalue weighted by atomic mass is 10.3. The van der Waals surface area contributed by atoms with Crippen LogP contribution in [0.15, 0.2) is 25.2 Å². The number of amides is 1. The monoisotopic (exact) mass is 251 g/mol. The molecular formula is C12H17N3O3. The van der Waals surface area contributed by atoms with Crippen LogP contribution in [-0.2, 0) is 16.6 Å². The van der Waals surface area contributed by atoms with Gasteiger partial charge in [0.1, 0.15) is 12.2 Å².